The lowest BCUT2D eigenvalue weighted by Gasteiger charge is -2.39. The molecule has 1 saturated carbocycles. The summed E-state index contributed by atoms with van der Waals surface area (Å²) < 4.78 is 11.7. The zero-order valence-electron chi connectivity index (χ0n) is 10.0. The maximum absolute atomic E-state index is 12.5. The van der Waals surface area contributed by atoms with Crippen molar-refractivity contribution in [2.75, 3.05) is 18.5 Å². The number of hydrogen-bond acceptors (Lipinski definition) is 3. The van der Waals surface area contributed by atoms with E-state index < -0.39 is 11.2 Å². The van der Waals surface area contributed by atoms with Crippen molar-refractivity contribution >= 4 is 21.7 Å². The van der Waals surface area contributed by atoms with Crippen LogP contribution in [0, 0.1) is 0 Å². The Kier molecular flexibility index (Phi) is 3.04. The molecule has 1 aromatic rings. The second-order valence-corrected chi connectivity index (χ2v) is 5.34. The number of benzene rings is 1. The first-order chi connectivity index (χ1) is 8.75. The zero-order valence-corrected chi connectivity index (χ0v) is 11.6. The van der Waals surface area contributed by atoms with Gasteiger partial charge in [-0.1, -0.05) is 46.3 Å². The van der Waals surface area contributed by atoms with Crippen molar-refractivity contribution in [3.05, 3.63) is 35.9 Å². The summed E-state index contributed by atoms with van der Waals surface area (Å²) in [5, 5.41) is 0.531. The average molecular weight is 311 g/mol. The second-order valence-electron chi connectivity index (χ2n) is 4.78. The summed E-state index contributed by atoms with van der Waals surface area (Å²) in [7, 11) is 0. The molecule has 0 radical (unpaired) electrons. The van der Waals surface area contributed by atoms with E-state index in [-0.39, 0.29) is 5.78 Å². The van der Waals surface area contributed by atoms with E-state index in [4.69, 9.17) is 9.47 Å². The van der Waals surface area contributed by atoms with Crippen LogP contribution in [0.4, 0.5) is 0 Å². The molecule has 0 amide bonds. The van der Waals surface area contributed by atoms with E-state index in [0.717, 1.165) is 5.56 Å². The highest BCUT2D eigenvalue weighted by molar-refractivity contribution is 9.09. The molecule has 4 heteroatoms. The highest BCUT2D eigenvalue weighted by atomic mass is 79.9. The summed E-state index contributed by atoms with van der Waals surface area (Å²) >= 11 is 3.51. The Balaban J connectivity index is 2.15. The first-order valence-corrected chi connectivity index (χ1v) is 7.30. The number of rotatable bonds is 2. The number of carbonyl (C=O) groups excluding carboxylic acids is 1. The fourth-order valence-corrected chi connectivity index (χ4v) is 4.18. The third-order valence-electron chi connectivity index (χ3n) is 4.03. The van der Waals surface area contributed by atoms with Crippen LogP contribution in [0.3, 0.4) is 0 Å². The van der Waals surface area contributed by atoms with E-state index in [2.05, 4.69) is 15.9 Å². The number of hydrogen-bond donors (Lipinski definition) is 0. The number of ketones is 1. The monoisotopic (exact) mass is 310 g/mol. The Morgan fingerprint density at radius 1 is 1.17 bits per heavy atom. The van der Waals surface area contributed by atoms with Crippen LogP contribution in [0.1, 0.15) is 18.4 Å². The molecule has 0 N–H and O–H groups in total. The maximum atomic E-state index is 12.5. The van der Waals surface area contributed by atoms with Crippen LogP contribution >= 0.6 is 15.9 Å². The first kappa shape index (κ1) is 12.3. The third-order valence-corrected chi connectivity index (χ3v) is 4.87. The van der Waals surface area contributed by atoms with E-state index in [0.29, 0.717) is 31.4 Å². The van der Waals surface area contributed by atoms with E-state index in [1.807, 2.05) is 30.3 Å². The highest BCUT2D eigenvalue weighted by Crippen LogP contribution is 2.51. The van der Waals surface area contributed by atoms with Crippen LogP contribution in [0.2, 0.25) is 0 Å². The van der Waals surface area contributed by atoms with Crippen LogP contribution in [-0.4, -0.2) is 30.1 Å². The molecule has 0 aromatic heterocycles. The molecule has 1 aliphatic heterocycles. The Hall–Kier alpha value is -0.710. The quantitative estimate of drug-likeness (QED) is 0.787. The molecule has 1 saturated heterocycles. The Bertz CT molecular complexity index is 453. The lowest BCUT2D eigenvalue weighted by Crippen LogP contribution is -2.53. The molecular weight excluding hydrogens is 296 g/mol. The Morgan fingerprint density at radius 2 is 1.83 bits per heavy atom. The molecule has 1 heterocycles. The smallest absolute Gasteiger partial charge is 0.186 e. The largest absolute Gasteiger partial charge is 0.346 e. The molecular formula is C14H15BrO3. The summed E-state index contributed by atoms with van der Waals surface area (Å²) in [6.07, 6.45) is 1.16. The van der Waals surface area contributed by atoms with E-state index in [1.54, 1.807) is 0 Å². The minimum Gasteiger partial charge on any atom is -0.346 e. The van der Waals surface area contributed by atoms with Gasteiger partial charge in [0, 0.05) is 18.2 Å². The molecule has 18 heavy (non-hydrogen) atoms. The first-order valence-electron chi connectivity index (χ1n) is 6.18. The van der Waals surface area contributed by atoms with Gasteiger partial charge in [0.2, 0.25) is 0 Å². The normalized spacial score (nSPS) is 30.2. The third kappa shape index (κ3) is 1.46. The number of carbonyl (C=O) groups is 1. The Labute approximate surface area is 115 Å². The summed E-state index contributed by atoms with van der Waals surface area (Å²) in [5.74, 6) is -0.568. The van der Waals surface area contributed by atoms with Gasteiger partial charge >= 0.3 is 0 Å². The lowest BCUT2D eigenvalue weighted by atomic mass is 9.76. The molecule has 3 rings (SSSR count). The summed E-state index contributed by atoms with van der Waals surface area (Å²) in [6, 6.07) is 9.82. The highest BCUT2D eigenvalue weighted by Gasteiger charge is 2.64. The van der Waals surface area contributed by atoms with Crippen molar-refractivity contribution in [1.29, 1.82) is 0 Å². The van der Waals surface area contributed by atoms with E-state index in [9.17, 15) is 4.79 Å². The van der Waals surface area contributed by atoms with Gasteiger partial charge < -0.3 is 9.47 Å². The second kappa shape index (κ2) is 4.44. The van der Waals surface area contributed by atoms with Crippen molar-refractivity contribution in [3.8, 4) is 0 Å². The fourth-order valence-electron chi connectivity index (χ4n) is 3.12. The van der Waals surface area contributed by atoms with Gasteiger partial charge in [0.25, 0.3) is 0 Å². The average Bonchev–Trinajstić information content (AvgIpc) is 2.99. The number of alkyl halides is 1. The molecule has 1 aliphatic carbocycles. The summed E-state index contributed by atoms with van der Waals surface area (Å²) in [6.45, 7) is 1.13. The van der Waals surface area contributed by atoms with Gasteiger partial charge in [0.05, 0.1) is 13.2 Å². The molecule has 2 aliphatic rings. The van der Waals surface area contributed by atoms with Crippen molar-refractivity contribution in [3.63, 3.8) is 0 Å². The van der Waals surface area contributed by atoms with E-state index >= 15 is 0 Å². The van der Waals surface area contributed by atoms with Crippen LogP contribution in [0.15, 0.2) is 30.3 Å². The molecule has 96 valence electrons. The van der Waals surface area contributed by atoms with Crippen molar-refractivity contribution in [1.82, 2.24) is 0 Å². The molecule has 3 nitrogen and oxygen atoms in total. The van der Waals surface area contributed by atoms with E-state index in [1.165, 1.54) is 0 Å². The molecule has 1 aromatic carbocycles. The summed E-state index contributed by atoms with van der Waals surface area (Å²) in [4.78, 5) is 12.5. The SMILES string of the molecule is O=C1CCC2(OCCO2)C1(CBr)c1ccccc1. The fraction of sp³-hybridized carbons (Fsp3) is 0.500. The van der Waals surface area contributed by atoms with Crippen LogP contribution in [0.5, 0.6) is 0 Å². The molecule has 1 unspecified atom stereocenters. The molecule has 2 fully saturated rings. The maximum Gasteiger partial charge on any atom is 0.186 e. The molecule has 1 atom stereocenters. The Morgan fingerprint density at radius 3 is 2.44 bits per heavy atom. The van der Waals surface area contributed by atoms with Crippen LogP contribution in [0.25, 0.3) is 0 Å². The van der Waals surface area contributed by atoms with Gasteiger partial charge in [-0.3, -0.25) is 4.79 Å². The molecule has 0 bridgehead atoms. The topological polar surface area (TPSA) is 35.5 Å². The van der Waals surface area contributed by atoms with Gasteiger partial charge in [-0.2, -0.15) is 0 Å². The van der Waals surface area contributed by atoms with Gasteiger partial charge in [0.1, 0.15) is 11.2 Å². The molecule has 1 spiro atoms. The number of halogens is 1. The minimum atomic E-state index is -0.769. The van der Waals surface area contributed by atoms with Gasteiger partial charge in [-0.25, -0.2) is 0 Å². The van der Waals surface area contributed by atoms with Gasteiger partial charge in [0.15, 0.2) is 5.79 Å². The predicted octanol–water partition coefficient (Wildman–Crippen LogP) is 2.43. The summed E-state index contributed by atoms with van der Waals surface area (Å²) in [5.41, 5.74) is 0.274. The standard InChI is InChI=1S/C14H15BrO3/c15-10-13(11-4-2-1-3-5-11)12(16)6-7-14(13)17-8-9-18-14/h1-5H,6-10H2. The van der Waals surface area contributed by atoms with Crippen molar-refractivity contribution in [2.24, 2.45) is 0 Å². The number of Topliss-reactive ketones (excluding diaryl/α,β-unsaturated/α-hetero) is 1. The predicted molar refractivity (Wildman–Crippen MR) is 70.8 cm³/mol. The lowest BCUT2D eigenvalue weighted by molar-refractivity contribution is -0.189. The van der Waals surface area contributed by atoms with Crippen molar-refractivity contribution in [2.45, 2.75) is 24.0 Å². The van der Waals surface area contributed by atoms with Gasteiger partial charge in [-0.15, -0.1) is 0 Å². The number of ether oxygens (including phenoxy) is 2. The van der Waals surface area contributed by atoms with Crippen molar-refractivity contribution < 1.29 is 14.3 Å². The van der Waals surface area contributed by atoms with Crippen LogP contribution in [-0.2, 0) is 19.7 Å². The minimum absolute atomic E-state index is 0.201. The zero-order chi connectivity index (χ0) is 12.6. The van der Waals surface area contributed by atoms with Gasteiger partial charge in [-0.05, 0) is 5.56 Å². The van der Waals surface area contributed by atoms with Crippen LogP contribution < -0.4 is 0 Å².